The van der Waals surface area contributed by atoms with Crippen LogP contribution in [0, 0.1) is 0 Å². The lowest BCUT2D eigenvalue weighted by atomic mass is 10.2. The van der Waals surface area contributed by atoms with Gasteiger partial charge >= 0.3 is 0 Å². The predicted octanol–water partition coefficient (Wildman–Crippen LogP) is 2.91. The number of aromatic nitrogens is 1. The molecule has 1 aliphatic rings. The number of carbonyl (C=O) groups is 2. The number of hydrogen-bond acceptors (Lipinski definition) is 5. The van der Waals surface area contributed by atoms with Crippen LogP contribution < -0.4 is 5.32 Å². The Labute approximate surface area is 148 Å². The van der Waals surface area contributed by atoms with Crippen LogP contribution in [0.5, 0.6) is 0 Å². The molecule has 1 saturated heterocycles. The molecule has 0 bridgehead atoms. The Bertz CT molecular complexity index is 913. The van der Waals surface area contributed by atoms with E-state index in [1.54, 1.807) is 17.3 Å². The average Bonchev–Trinajstić information content (AvgIpc) is 3.38. The van der Waals surface area contributed by atoms with Crippen molar-refractivity contribution in [3.63, 3.8) is 0 Å². The maximum absolute atomic E-state index is 12.8. The molecular weight excluding hydrogens is 338 g/mol. The minimum Gasteiger partial charge on any atom is -0.454 e. The van der Waals surface area contributed by atoms with Gasteiger partial charge in [0.1, 0.15) is 17.3 Å². The zero-order valence-corrected chi connectivity index (χ0v) is 14.5. The van der Waals surface area contributed by atoms with E-state index in [-0.39, 0.29) is 11.8 Å². The van der Waals surface area contributed by atoms with Gasteiger partial charge in [-0.15, -0.1) is 11.3 Å². The van der Waals surface area contributed by atoms with Gasteiger partial charge in [-0.25, -0.2) is 4.98 Å². The molecule has 128 valence electrons. The van der Waals surface area contributed by atoms with Gasteiger partial charge in [0.25, 0.3) is 5.91 Å². The normalized spacial score (nSPS) is 17.2. The molecule has 1 unspecified atom stereocenters. The minimum atomic E-state index is -0.408. The number of furan rings is 1. The first kappa shape index (κ1) is 15.8. The summed E-state index contributed by atoms with van der Waals surface area (Å²) < 4.78 is 5.81. The van der Waals surface area contributed by atoms with Crippen LogP contribution in [0.15, 0.2) is 40.1 Å². The molecule has 1 N–H and O–H groups in total. The summed E-state index contributed by atoms with van der Waals surface area (Å²) in [6.45, 7) is 0.578. The molecule has 1 fully saturated rings. The third-order valence-corrected chi connectivity index (χ3v) is 5.28. The molecule has 6 nitrogen and oxygen atoms in total. The average molecular weight is 355 g/mol. The number of hydrogen-bond donors (Lipinski definition) is 1. The monoisotopic (exact) mass is 355 g/mol. The third-order valence-electron chi connectivity index (χ3n) is 4.42. The second-order valence-electron chi connectivity index (χ2n) is 5.96. The summed E-state index contributed by atoms with van der Waals surface area (Å²) >= 11 is 1.37. The Morgan fingerprint density at radius 2 is 2.20 bits per heavy atom. The first-order valence-electron chi connectivity index (χ1n) is 8.14. The number of benzene rings is 1. The Kier molecular flexibility index (Phi) is 4.01. The third kappa shape index (κ3) is 2.80. The number of likely N-dealkylation sites (tertiary alicyclic amines) is 1. The fourth-order valence-corrected chi connectivity index (χ4v) is 3.91. The van der Waals surface area contributed by atoms with Crippen LogP contribution in [0.1, 0.15) is 23.3 Å². The number of amides is 2. The van der Waals surface area contributed by atoms with Crippen molar-refractivity contribution in [3.05, 3.63) is 41.4 Å². The topological polar surface area (TPSA) is 75.4 Å². The molecule has 7 heteroatoms. The lowest BCUT2D eigenvalue weighted by Gasteiger charge is -2.22. The van der Waals surface area contributed by atoms with E-state index in [0.717, 1.165) is 17.4 Å². The number of thiazole rings is 1. The highest BCUT2D eigenvalue weighted by atomic mass is 32.1. The summed E-state index contributed by atoms with van der Waals surface area (Å²) in [6.07, 6.45) is 1.51. The molecule has 1 aliphatic heterocycles. The van der Waals surface area contributed by atoms with Crippen molar-refractivity contribution in [1.82, 2.24) is 15.2 Å². The predicted molar refractivity (Wildman–Crippen MR) is 95.4 cm³/mol. The molecule has 2 aromatic heterocycles. The molecule has 2 amide bonds. The van der Waals surface area contributed by atoms with Crippen molar-refractivity contribution in [1.29, 1.82) is 0 Å². The fraction of sp³-hybridized carbons (Fsp3) is 0.278. The lowest BCUT2D eigenvalue weighted by Crippen LogP contribution is -2.45. The Morgan fingerprint density at radius 3 is 3.00 bits per heavy atom. The van der Waals surface area contributed by atoms with Crippen LogP contribution in [-0.2, 0) is 4.79 Å². The highest BCUT2D eigenvalue weighted by Crippen LogP contribution is 2.30. The van der Waals surface area contributed by atoms with Crippen LogP contribution in [-0.4, -0.2) is 41.3 Å². The Hall–Kier alpha value is -2.67. The molecule has 0 radical (unpaired) electrons. The molecular formula is C18H17N3O3S. The van der Waals surface area contributed by atoms with Crippen molar-refractivity contribution in [2.45, 2.75) is 18.9 Å². The van der Waals surface area contributed by atoms with Crippen molar-refractivity contribution in [2.24, 2.45) is 0 Å². The van der Waals surface area contributed by atoms with Crippen LogP contribution in [0.2, 0.25) is 0 Å². The number of fused-ring (bicyclic) bond motifs is 1. The number of nitrogens with zero attached hydrogens (tertiary/aromatic N) is 2. The molecule has 1 aromatic carbocycles. The number of rotatable bonds is 3. The van der Waals surface area contributed by atoms with E-state index in [2.05, 4.69) is 10.3 Å². The smallest absolute Gasteiger partial charge is 0.274 e. The van der Waals surface area contributed by atoms with Gasteiger partial charge in [0.05, 0.1) is 0 Å². The van der Waals surface area contributed by atoms with Crippen LogP contribution in [0.25, 0.3) is 21.7 Å². The summed E-state index contributed by atoms with van der Waals surface area (Å²) in [5.74, 6) is 0.317. The van der Waals surface area contributed by atoms with Gasteiger partial charge in [0, 0.05) is 24.4 Å². The van der Waals surface area contributed by atoms with Gasteiger partial charge in [-0.1, -0.05) is 18.2 Å². The zero-order chi connectivity index (χ0) is 17.4. The first-order valence-corrected chi connectivity index (χ1v) is 9.02. The zero-order valence-electron chi connectivity index (χ0n) is 13.7. The summed E-state index contributed by atoms with van der Waals surface area (Å²) in [6, 6.07) is 9.25. The molecule has 0 aliphatic carbocycles. The van der Waals surface area contributed by atoms with Gasteiger partial charge in [0.15, 0.2) is 10.8 Å². The number of carbonyl (C=O) groups excluding carboxylic acids is 2. The maximum atomic E-state index is 12.8. The van der Waals surface area contributed by atoms with E-state index in [9.17, 15) is 9.59 Å². The van der Waals surface area contributed by atoms with Crippen molar-refractivity contribution in [3.8, 4) is 10.8 Å². The van der Waals surface area contributed by atoms with Crippen LogP contribution in [0.4, 0.5) is 0 Å². The maximum Gasteiger partial charge on any atom is 0.274 e. The molecule has 25 heavy (non-hydrogen) atoms. The molecule has 0 spiro atoms. The number of nitrogens with one attached hydrogen (secondary N) is 1. The SMILES string of the molecule is CNC(=O)C1CCCN1C(=O)c1csc(-c2cc3ccccc3o2)n1. The lowest BCUT2D eigenvalue weighted by molar-refractivity contribution is -0.124. The fourth-order valence-electron chi connectivity index (χ4n) is 3.17. The Balaban J connectivity index is 1.60. The highest BCUT2D eigenvalue weighted by molar-refractivity contribution is 7.13. The Morgan fingerprint density at radius 1 is 1.36 bits per heavy atom. The van der Waals surface area contributed by atoms with E-state index < -0.39 is 6.04 Å². The largest absolute Gasteiger partial charge is 0.454 e. The molecule has 3 aromatic rings. The number of likely N-dealkylation sites (N-methyl/N-ethyl adjacent to an activating group) is 1. The van der Waals surface area contributed by atoms with Crippen molar-refractivity contribution >= 4 is 34.1 Å². The van der Waals surface area contributed by atoms with E-state index in [4.69, 9.17) is 4.42 Å². The summed E-state index contributed by atoms with van der Waals surface area (Å²) in [5, 5.41) is 6.01. The van der Waals surface area contributed by atoms with E-state index in [1.165, 1.54) is 11.3 Å². The highest BCUT2D eigenvalue weighted by Gasteiger charge is 2.35. The first-order chi connectivity index (χ1) is 12.2. The molecule has 3 heterocycles. The van der Waals surface area contributed by atoms with Crippen LogP contribution in [0.3, 0.4) is 0 Å². The van der Waals surface area contributed by atoms with Gasteiger partial charge < -0.3 is 14.6 Å². The second kappa shape index (κ2) is 6.33. The summed E-state index contributed by atoms with van der Waals surface area (Å²) in [5.41, 5.74) is 1.15. The van der Waals surface area contributed by atoms with Crippen LogP contribution >= 0.6 is 11.3 Å². The quantitative estimate of drug-likeness (QED) is 0.784. The van der Waals surface area contributed by atoms with E-state index in [0.29, 0.717) is 29.4 Å². The second-order valence-corrected chi connectivity index (χ2v) is 6.82. The van der Waals surface area contributed by atoms with E-state index in [1.807, 2.05) is 30.3 Å². The van der Waals surface area contributed by atoms with Gasteiger partial charge in [0.2, 0.25) is 5.91 Å². The number of para-hydroxylation sites is 1. The van der Waals surface area contributed by atoms with Gasteiger partial charge in [-0.2, -0.15) is 0 Å². The summed E-state index contributed by atoms with van der Waals surface area (Å²) in [7, 11) is 1.59. The van der Waals surface area contributed by atoms with Gasteiger partial charge in [-0.3, -0.25) is 9.59 Å². The molecule has 4 rings (SSSR count). The van der Waals surface area contributed by atoms with Gasteiger partial charge in [-0.05, 0) is 25.0 Å². The van der Waals surface area contributed by atoms with Crippen molar-refractivity contribution < 1.29 is 14.0 Å². The van der Waals surface area contributed by atoms with E-state index >= 15 is 0 Å². The standard InChI is InChI=1S/C18H17N3O3S/c1-19-16(22)13-6-4-8-21(13)18(23)12-10-25-17(20-12)15-9-11-5-2-3-7-14(11)24-15/h2-3,5,7,9-10,13H,4,6,8H2,1H3,(H,19,22). The minimum absolute atomic E-state index is 0.126. The molecule has 0 saturated carbocycles. The summed E-state index contributed by atoms with van der Waals surface area (Å²) in [4.78, 5) is 30.8. The molecule has 1 atom stereocenters. The van der Waals surface area contributed by atoms with Crippen molar-refractivity contribution in [2.75, 3.05) is 13.6 Å².